The van der Waals surface area contributed by atoms with Crippen LogP contribution in [0.15, 0.2) is 18.2 Å². The monoisotopic (exact) mass is 275 g/mol. The Morgan fingerprint density at radius 1 is 1.30 bits per heavy atom. The second-order valence-electron chi connectivity index (χ2n) is 6.25. The van der Waals surface area contributed by atoms with E-state index in [1.165, 1.54) is 0 Å². The van der Waals surface area contributed by atoms with Crippen LogP contribution in [0.25, 0.3) is 0 Å². The molecule has 0 spiro atoms. The number of aryl methyl sites for hydroxylation is 1. The molecule has 3 atom stereocenters. The van der Waals surface area contributed by atoms with Crippen LogP contribution in [0.1, 0.15) is 24.8 Å². The van der Waals surface area contributed by atoms with Crippen molar-refractivity contribution in [1.82, 2.24) is 0 Å². The summed E-state index contributed by atoms with van der Waals surface area (Å²) in [7, 11) is 0. The molecule has 1 aromatic carbocycles. The average molecular weight is 275 g/mol. The van der Waals surface area contributed by atoms with Gasteiger partial charge in [-0.15, -0.1) is 0 Å². The Hall–Kier alpha value is -1.62. The van der Waals surface area contributed by atoms with Gasteiger partial charge in [-0.2, -0.15) is 0 Å². The molecule has 5 nitrogen and oxygen atoms in total. The van der Waals surface area contributed by atoms with E-state index in [1.54, 1.807) is 12.1 Å². The Morgan fingerprint density at radius 2 is 2.05 bits per heavy atom. The highest BCUT2D eigenvalue weighted by molar-refractivity contribution is 5.65. The van der Waals surface area contributed by atoms with Crippen LogP contribution in [0.2, 0.25) is 0 Å². The van der Waals surface area contributed by atoms with E-state index in [2.05, 4.69) is 4.90 Å². The van der Waals surface area contributed by atoms with Crippen LogP contribution in [-0.4, -0.2) is 24.1 Å². The molecule has 3 rings (SSSR count). The van der Waals surface area contributed by atoms with E-state index in [0.717, 1.165) is 43.6 Å². The largest absolute Gasteiger partial charge is 0.365 e. The molecular formula is C15H21N3O2. The molecule has 20 heavy (non-hydrogen) atoms. The molecule has 1 aliphatic carbocycles. The van der Waals surface area contributed by atoms with E-state index in [0.29, 0.717) is 17.9 Å². The van der Waals surface area contributed by atoms with Gasteiger partial charge in [0.25, 0.3) is 5.69 Å². The summed E-state index contributed by atoms with van der Waals surface area (Å²) in [6.45, 7) is 3.82. The van der Waals surface area contributed by atoms with Crippen LogP contribution in [0.3, 0.4) is 0 Å². The van der Waals surface area contributed by atoms with Gasteiger partial charge in [-0.25, -0.2) is 0 Å². The third-order valence-electron chi connectivity index (χ3n) is 4.76. The molecule has 2 fully saturated rings. The molecule has 1 heterocycles. The standard InChI is InChI=1S/C15H21N3O2/c1-10-2-5-14(18(19)20)15(6-10)17-8-11-3-4-13(16)7-12(11)9-17/h2,5-6,11-13H,3-4,7-9,16H2,1H3/t11-,12+,13?/m1/s1. The molecule has 5 heteroatoms. The lowest BCUT2D eigenvalue weighted by Gasteiger charge is -2.27. The van der Waals surface area contributed by atoms with Crippen molar-refractivity contribution < 1.29 is 4.92 Å². The Kier molecular flexibility index (Phi) is 3.38. The molecule has 1 aliphatic heterocycles. The maximum atomic E-state index is 11.2. The SMILES string of the molecule is Cc1ccc([N+](=O)[O-])c(N2C[C@H]3CCC(N)C[C@H]3C2)c1. The lowest BCUT2D eigenvalue weighted by Crippen LogP contribution is -2.32. The number of rotatable bonds is 2. The Balaban J connectivity index is 1.87. The van der Waals surface area contributed by atoms with Gasteiger partial charge in [-0.05, 0) is 49.7 Å². The minimum absolute atomic E-state index is 0.221. The van der Waals surface area contributed by atoms with E-state index >= 15 is 0 Å². The zero-order valence-corrected chi connectivity index (χ0v) is 11.8. The molecule has 2 aliphatic rings. The molecule has 108 valence electrons. The first-order valence-corrected chi connectivity index (χ1v) is 7.30. The second-order valence-corrected chi connectivity index (χ2v) is 6.25. The molecule has 0 bridgehead atoms. The van der Waals surface area contributed by atoms with Crippen molar-refractivity contribution >= 4 is 11.4 Å². The summed E-state index contributed by atoms with van der Waals surface area (Å²) < 4.78 is 0. The third kappa shape index (κ3) is 2.38. The fourth-order valence-electron chi connectivity index (χ4n) is 3.71. The van der Waals surface area contributed by atoms with Crippen LogP contribution in [0.4, 0.5) is 11.4 Å². The van der Waals surface area contributed by atoms with Gasteiger partial charge in [0.15, 0.2) is 0 Å². The zero-order chi connectivity index (χ0) is 14.3. The van der Waals surface area contributed by atoms with Gasteiger partial charge in [0.2, 0.25) is 0 Å². The van der Waals surface area contributed by atoms with Crippen molar-refractivity contribution in [2.24, 2.45) is 17.6 Å². The second kappa shape index (κ2) is 5.05. The van der Waals surface area contributed by atoms with Crippen LogP contribution in [0.5, 0.6) is 0 Å². The fourth-order valence-corrected chi connectivity index (χ4v) is 3.71. The van der Waals surface area contributed by atoms with E-state index in [9.17, 15) is 10.1 Å². The summed E-state index contributed by atoms with van der Waals surface area (Å²) in [6.07, 6.45) is 3.30. The molecule has 1 saturated heterocycles. The van der Waals surface area contributed by atoms with Crippen LogP contribution in [-0.2, 0) is 0 Å². The number of nitro groups is 1. The zero-order valence-electron chi connectivity index (χ0n) is 11.8. The third-order valence-corrected chi connectivity index (χ3v) is 4.76. The van der Waals surface area contributed by atoms with Crippen LogP contribution in [0, 0.1) is 28.9 Å². The highest BCUT2D eigenvalue weighted by Crippen LogP contribution is 2.40. The summed E-state index contributed by atoms with van der Waals surface area (Å²) in [5.74, 6) is 1.24. The Morgan fingerprint density at radius 3 is 2.80 bits per heavy atom. The maximum absolute atomic E-state index is 11.2. The highest BCUT2D eigenvalue weighted by atomic mass is 16.6. The van der Waals surface area contributed by atoms with Crippen molar-refractivity contribution in [3.63, 3.8) is 0 Å². The summed E-state index contributed by atoms with van der Waals surface area (Å²) in [6, 6.07) is 5.68. The summed E-state index contributed by atoms with van der Waals surface area (Å²) in [5, 5.41) is 11.2. The predicted molar refractivity (Wildman–Crippen MR) is 78.9 cm³/mol. The van der Waals surface area contributed by atoms with E-state index in [-0.39, 0.29) is 10.6 Å². The van der Waals surface area contributed by atoms with Crippen molar-refractivity contribution in [2.45, 2.75) is 32.2 Å². The van der Waals surface area contributed by atoms with Crippen molar-refractivity contribution in [3.8, 4) is 0 Å². The van der Waals surface area contributed by atoms with Crippen LogP contribution < -0.4 is 10.6 Å². The Labute approximate surface area is 118 Å². The number of nitrogens with two attached hydrogens (primary N) is 1. The molecule has 0 aromatic heterocycles. The number of fused-ring (bicyclic) bond motifs is 1. The normalized spacial score (nSPS) is 29.3. The van der Waals surface area contributed by atoms with Crippen molar-refractivity contribution in [1.29, 1.82) is 0 Å². The maximum Gasteiger partial charge on any atom is 0.292 e. The number of hydrogen-bond acceptors (Lipinski definition) is 4. The summed E-state index contributed by atoms with van der Waals surface area (Å²) in [5.41, 5.74) is 8.11. The quantitative estimate of drug-likeness (QED) is 0.664. The minimum Gasteiger partial charge on any atom is -0.365 e. The molecular weight excluding hydrogens is 254 g/mol. The molecule has 0 amide bonds. The molecule has 1 unspecified atom stereocenters. The summed E-state index contributed by atoms with van der Waals surface area (Å²) in [4.78, 5) is 13.1. The molecule has 1 saturated carbocycles. The van der Waals surface area contributed by atoms with Crippen molar-refractivity contribution in [2.75, 3.05) is 18.0 Å². The molecule has 1 aromatic rings. The Bertz CT molecular complexity index is 532. The first-order chi connectivity index (χ1) is 9.54. The number of nitrogens with zero attached hydrogens (tertiary/aromatic N) is 2. The van der Waals surface area contributed by atoms with E-state index < -0.39 is 0 Å². The predicted octanol–water partition coefficient (Wildman–Crippen LogP) is 2.47. The van der Waals surface area contributed by atoms with Gasteiger partial charge in [0, 0.05) is 25.2 Å². The fraction of sp³-hybridized carbons (Fsp3) is 0.600. The lowest BCUT2D eigenvalue weighted by molar-refractivity contribution is -0.384. The van der Waals surface area contributed by atoms with Gasteiger partial charge in [0.1, 0.15) is 5.69 Å². The molecule has 0 radical (unpaired) electrons. The smallest absolute Gasteiger partial charge is 0.292 e. The number of benzene rings is 1. The first-order valence-electron chi connectivity index (χ1n) is 7.30. The minimum atomic E-state index is -0.275. The van der Waals surface area contributed by atoms with Crippen LogP contribution >= 0.6 is 0 Å². The lowest BCUT2D eigenvalue weighted by atomic mass is 9.79. The van der Waals surface area contributed by atoms with Gasteiger partial charge in [0.05, 0.1) is 4.92 Å². The molecule has 2 N–H and O–H groups in total. The number of anilines is 1. The highest BCUT2D eigenvalue weighted by Gasteiger charge is 2.38. The van der Waals surface area contributed by atoms with E-state index in [1.807, 2.05) is 13.0 Å². The summed E-state index contributed by atoms with van der Waals surface area (Å²) >= 11 is 0. The number of nitro benzene ring substituents is 1. The average Bonchev–Trinajstić information content (AvgIpc) is 2.81. The van der Waals surface area contributed by atoms with Gasteiger partial charge < -0.3 is 10.6 Å². The topological polar surface area (TPSA) is 72.4 Å². The van der Waals surface area contributed by atoms with Crippen molar-refractivity contribution in [3.05, 3.63) is 33.9 Å². The van der Waals surface area contributed by atoms with Gasteiger partial charge >= 0.3 is 0 Å². The number of hydrogen-bond donors (Lipinski definition) is 1. The van der Waals surface area contributed by atoms with E-state index in [4.69, 9.17) is 5.73 Å². The first kappa shape index (κ1) is 13.4. The van der Waals surface area contributed by atoms with Gasteiger partial charge in [-0.1, -0.05) is 6.07 Å². The van der Waals surface area contributed by atoms with Gasteiger partial charge in [-0.3, -0.25) is 10.1 Å².